The smallest absolute Gasteiger partial charge is 0.127 e. The molecule has 0 aliphatic heterocycles. The van der Waals surface area contributed by atoms with E-state index in [1.165, 1.54) is 0 Å². The Balaban J connectivity index is 2.65. The Labute approximate surface area is 109 Å². The van der Waals surface area contributed by atoms with Crippen LogP contribution in [0, 0.1) is 0 Å². The summed E-state index contributed by atoms with van der Waals surface area (Å²) >= 11 is 0. The second-order valence-corrected chi connectivity index (χ2v) is 4.54. The van der Waals surface area contributed by atoms with Crippen molar-refractivity contribution < 1.29 is 14.2 Å². The van der Waals surface area contributed by atoms with Gasteiger partial charge < -0.3 is 19.5 Å². The van der Waals surface area contributed by atoms with Crippen molar-refractivity contribution >= 4 is 0 Å². The van der Waals surface area contributed by atoms with Gasteiger partial charge in [0.25, 0.3) is 0 Å². The van der Waals surface area contributed by atoms with Crippen molar-refractivity contribution in [2.24, 2.45) is 0 Å². The average molecular weight is 253 g/mol. The molecule has 4 heteroatoms. The van der Waals surface area contributed by atoms with Crippen LogP contribution in [-0.4, -0.2) is 32.9 Å². The molecule has 0 fully saturated rings. The SMILES string of the molecule is COc1cc(OC)cc(OC(C)CNC(C)C)c1. The van der Waals surface area contributed by atoms with Crippen LogP contribution in [0.1, 0.15) is 20.8 Å². The molecule has 0 saturated heterocycles. The molecule has 4 nitrogen and oxygen atoms in total. The summed E-state index contributed by atoms with van der Waals surface area (Å²) in [6.45, 7) is 7.06. The Kier molecular flexibility index (Phi) is 5.78. The fourth-order valence-electron chi connectivity index (χ4n) is 1.53. The van der Waals surface area contributed by atoms with E-state index in [1.54, 1.807) is 14.2 Å². The maximum absolute atomic E-state index is 5.83. The Morgan fingerprint density at radius 3 is 1.89 bits per heavy atom. The normalized spacial score (nSPS) is 12.3. The standard InChI is InChI=1S/C14H23NO3/c1-10(2)15-9-11(3)18-14-7-12(16-4)6-13(8-14)17-5/h6-8,10-11,15H,9H2,1-5H3. The van der Waals surface area contributed by atoms with Crippen molar-refractivity contribution in [1.29, 1.82) is 0 Å². The van der Waals surface area contributed by atoms with E-state index in [9.17, 15) is 0 Å². The number of ether oxygens (including phenoxy) is 3. The first kappa shape index (κ1) is 14.6. The highest BCUT2D eigenvalue weighted by Gasteiger charge is 2.08. The van der Waals surface area contributed by atoms with Gasteiger partial charge in [-0.1, -0.05) is 13.8 Å². The van der Waals surface area contributed by atoms with E-state index in [1.807, 2.05) is 25.1 Å². The van der Waals surface area contributed by atoms with Crippen LogP contribution < -0.4 is 19.5 Å². The minimum atomic E-state index is 0.0872. The average Bonchev–Trinajstić information content (AvgIpc) is 2.35. The van der Waals surface area contributed by atoms with E-state index in [0.717, 1.165) is 23.8 Å². The summed E-state index contributed by atoms with van der Waals surface area (Å²) in [5.74, 6) is 2.21. The Morgan fingerprint density at radius 1 is 0.944 bits per heavy atom. The van der Waals surface area contributed by atoms with Gasteiger partial charge in [0.1, 0.15) is 23.4 Å². The van der Waals surface area contributed by atoms with Crippen molar-refractivity contribution in [3.63, 3.8) is 0 Å². The minimum Gasteiger partial charge on any atom is -0.496 e. The fourth-order valence-corrected chi connectivity index (χ4v) is 1.53. The van der Waals surface area contributed by atoms with Gasteiger partial charge in [-0.3, -0.25) is 0 Å². The molecule has 0 amide bonds. The van der Waals surface area contributed by atoms with Crippen molar-refractivity contribution in [2.45, 2.75) is 32.9 Å². The molecule has 0 heterocycles. The van der Waals surface area contributed by atoms with Crippen LogP contribution >= 0.6 is 0 Å². The summed E-state index contributed by atoms with van der Waals surface area (Å²) < 4.78 is 16.2. The number of rotatable bonds is 7. The summed E-state index contributed by atoms with van der Waals surface area (Å²) in [7, 11) is 3.25. The highest BCUT2D eigenvalue weighted by atomic mass is 16.5. The van der Waals surface area contributed by atoms with Gasteiger partial charge in [-0.2, -0.15) is 0 Å². The predicted molar refractivity (Wildman–Crippen MR) is 72.8 cm³/mol. The highest BCUT2D eigenvalue weighted by Crippen LogP contribution is 2.27. The summed E-state index contributed by atoms with van der Waals surface area (Å²) in [6.07, 6.45) is 0.0872. The molecule has 0 saturated carbocycles. The monoisotopic (exact) mass is 253 g/mol. The first-order valence-electron chi connectivity index (χ1n) is 6.18. The Hall–Kier alpha value is -1.42. The molecule has 0 aliphatic carbocycles. The number of hydrogen-bond acceptors (Lipinski definition) is 4. The van der Waals surface area contributed by atoms with Gasteiger partial charge in [-0.25, -0.2) is 0 Å². The second-order valence-electron chi connectivity index (χ2n) is 4.54. The van der Waals surface area contributed by atoms with Crippen LogP contribution in [0.3, 0.4) is 0 Å². The lowest BCUT2D eigenvalue weighted by Crippen LogP contribution is -2.33. The Morgan fingerprint density at radius 2 is 1.44 bits per heavy atom. The van der Waals surface area contributed by atoms with Gasteiger partial charge in [0.15, 0.2) is 0 Å². The fraction of sp³-hybridized carbons (Fsp3) is 0.571. The predicted octanol–water partition coefficient (Wildman–Crippen LogP) is 2.47. The quantitative estimate of drug-likeness (QED) is 0.810. The number of nitrogens with one attached hydrogen (secondary N) is 1. The Bertz CT molecular complexity index is 344. The summed E-state index contributed by atoms with van der Waals surface area (Å²) in [5, 5.41) is 3.34. The maximum atomic E-state index is 5.83. The summed E-state index contributed by atoms with van der Waals surface area (Å²) in [6, 6.07) is 5.99. The maximum Gasteiger partial charge on any atom is 0.127 e. The van der Waals surface area contributed by atoms with E-state index in [2.05, 4.69) is 19.2 Å². The summed E-state index contributed by atoms with van der Waals surface area (Å²) in [5.41, 5.74) is 0. The third kappa shape index (κ3) is 4.84. The highest BCUT2D eigenvalue weighted by molar-refractivity contribution is 5.42. The molecule has 18 heavy (non-hydrogen) atoms. The van der Waals surface area contributed by atoms with E-state index < -0.39 is 0 Å². The van der Waals surface area contributed by atoms with Gasteiger partial charge in [0, 0.05) is 30.8 Å². The minimum absolute atomic E-state index is 0.0872. The molecule has 0 aliphatic rings. The van der Waals surface area contributed by atoms with Gasteiger partial charge in [-0.05, 0) is 6.92 Å². The molecular formula is C14H23NO3. The van der Waals surface area contributed by atoms with Crippen LogP contribution in [0.4, 0.5) is 0 Å². The van der Waals surface area contributed by atoms with Crippen molar-refractivity contribution in [3.8, 4) is 17.2 Å². The molecule has 1 aromatic carbocycles. The van der Waals surface area contributed by atoms with Crippen molar-refractivity contribution in [3.05, 3.63) is 18.2 Å². The van der Waals surface area contributed by atoms with E-state index in [-0.39, 0.29) is 6.10 Å². The van der Waals surface area contributed by atoms with Gasteiger partial charge in [0.05, 0.1) is 14.2 Å². The lowest BCUT2D eigenvalue weighted by Gasteiger charge is -2.18. The third-order valence-corrected chi connectivity index (χ3v) is 2.48. The lowest BCUT2D eigenvalue weighted by atomic mass is 10.3. The molecular weight excluding hydrogens is 230 g/mol. The van der Waals surface area contributed by atoms with Crippen LogP contribution in [0.5, 0.6) is 17.2 Å². The van der Waals surface area contributed by atoms with E-state index >= 15 is 0 Å². The molecule has 1 rings (SSSR count). The first-order valence-corrected chi connectivity index (χ1v) is 6.18. The molecule has 0 spiro atoms. The van der Waals surface area contributed by atoms with Crippen molar-refractivity contribution in [2.75, 3.05) is 20.8 Å². The second kappa shape index (κ2) is 7.11. The van der Waals surface area contributed by atoms with E-state index in [0.29, 0.717) is 6.04 Å². The van der Waals surface area contributed by atoms with Crippen LogP contribution in [0.2, 0.25) is 0 Å². The molecule has 1 unspecified atom stereocenters. The van der Waals surface area contributed by atoms with E-state index in [4.69, 9.17) is 14.2 Å². The molecule has 102 valence electrons. The molecule has 1 N–H and O–H groups in total. The lowest BCUT2D eigenvalue weighted by molar-refractivity contribution is 0.212. The topological polar surface area (TPSA) is 39.7 Å². The number of benzene rings is 1. The number of hydrogen-bond donors (Lipinski definition) is 1. The zero-order valence-electron chi connectivity index (χ0n) is 11.8. The largest absolute Gasteiger partial charge is 0.496 e. The molecule has 1 atom stereocenters. The molecule has 0 bridgehead atoms. The first-order chi connectivity index (χ1) is 8.55. The molecule has 0 radical (unpaired) electrons. The van der Waals surface area contributed by atoms with Gasteiger partial charge in [-0.15, -0.1) is 0 Å². The number of methoxy groups -OCH3 is 2. The van der Waals surface area contributed by atoms with Gasteiger partial charge >= 0.3 is 0 Å². The van der Waals surface area contributed by atoms with Crippen molar-refractivity contribution in [1.82, 2.24) is 5.32 Å². The van der Waals surface area contributed by atoms with Crippen LogP contribution in [0.25, 0.3) is 0 Å². The summed E-state index contributed by atoms with van der Waals surface area (Å²) in [4.78, 5) is 0. The van der Waals surface area contributed by atoms with Crippen LogP contribution in [-0.2, 0) is 0 Å². The van der Waals surface area contributed by atoms with Gasteiger partial charge in [0.2, 0.25) is 0 Å². The molecule has 0 aromatic heterocycles. The van der Waals surface area contributed by atoms with Crippen LogP contribution in [0.15, 0.2) is 18.2 Å². The zero-order chi connectivity index (χ0) is 13.5. The zero-order valence-corrected chi connectivity index (χ0v) is 11.8. The third-order valence-electron chi connectivity index (χ3n) is 2.48. The molecule has 1 aromatic rings.